The van der Waals surface area contributed by atoms with Gasteiger partial charge in [0, 0.05) is 49.8 Å². The summed E-state index contributed by atoms with van der Waals surface area (Å²) in [5.41, 5.74) is 3.14. The fraction of sp³-hybridized carbons (Fsp3) is 0.500. The molecule has 0 aromatic heterocycles. The molecule has 0 spiro atoms. The van der Waals surface area contributed by atoms with Crippen molar-refractivity contribution >= 4 is 34.8 Å². The van der Waals surface area contributed by atoms with Crippen molar-refractivity contribution in [3.63, 3.8) is 0 Å². The fourth-order valence-electron chi connectivity index (χ4n) is 6.80. The highest BCUT2D eigenvalue weighted by molar-refractivity contribution is 6.22. The average Bonchev–Trinajstić information content (AvgIpc) is 3.31. The summed E-state index contributed by atoms with van der Waals surface area (Å²) in [4.78, 5) is 54.7. The Morgan fingerprint density at radius 1 is 1.20 bits per heavy atom. The Bertz CT molecular complexity index is 1410. The SMILES string of the molecule is CN(C)c1cc(CNC(=O)C2CCCN2C)c(O)c2c1CC1CC3CC(=O)C(C(N)=O)=C(O)C3(O)C(=O)C1=C2O. The number of anilines is 1. The van der Waals surface area contributed by atoms with Gasteiger partial charge in [0.05, 0.1) is 11.6 Å². The van der Waals surface area contributed by atoms with Crippen molar-refractivity contribution in [2.75, 3.05) is 32.6 Å². The number of aliphatic hydroxyl groups is 3. The molecule has 5 rings (SSSR count). The zero-order valence-corrected chi connectivity index (χ0v) is 22.7. The normalized spacial score (nSPS) is 28.2. The first-order chi connectivity index (χ1) is 18.8. The summed E-state index contributed by atoms with van der Waals surface area (Å²) in [6.07, 6.45) is 1.53. The van der Waals surface area contributed by atoms with E-state index in [-0.39, 0.29) is 54.6 Å². The van der Waals surface area contributed by atoms with Gasteiger partial charge in [-0.25, -0.2) is 0 Å². The van der Waals surface area contributed by atoms with Crippen molar-refractivity contribution in [3.05, 3.63) is 39.7 Å². The number of fused-ring (bicyclic) bond motifs is 3. The molecule has 1 saturated heterocycles. The maximum absolute atomic E-state index is 13.7. The summed E-state index contributed by atoms with van der Waals surface area (Å²) in [5.74, 6) is -6.89. The second-order valence-electron chi connectivity index (χ2n) is 11.4. The quantitative estimate of drug-likeness (QED) is 0.274. The van der Waals surface area contributed by atoms with Gasteiger partial charge in [0.2, 0.25) is 11.7 Å². The molecule has 2 fully saturated rings. The van der Waals surface area contributed by atoms with Crippen molar-refractivity contribution in [3.8, 4) is 5.75 Å². The molecule has 12 nitrogen and oxygen atoms in total. The molecule has 1 aromatic rings. The van der Waals surface area contributed by atoms with Crippen LogP contribution >= 0.6 is 0 Å². The van der Waals surface area contributed by atoms with Crippen molar-refractivity contribution in [1.82, 2.24) is 10.2 Å². The topological polar surface area (TPSA) is 194 Å². The average molecular weight is 555 g/mol. The first kappa shape index (κ1) is 27.7. The lowest BCUT2D eigenvalue weighted by Crippen LogP contribution is -2.58. The first-order valence-electron chi connectivity index (χ1n) is 13.3. The molecule has 2 amide bonds. The molecule has 1 aromatic carbocycles. The number of phenols is 1. The Hall–Kier alpha value is -3.90. The zero-order chi connectivity index (χ0) is 29.3. The number of likely N-dealkylation sites (N-methyl/N-ethyl adjacent to an activating group) is 1. The van der Waals surface area contributed by atoms with Crippen molar-refractivity contribution in [2.24, 2.45) is 17.6 Å². The van der Waals surface area contributed by atoms with Crippen LogP contribution in [0.15, 0.2) is 23.0 Å². The lowest BCUT2D eigenvalue weighted by molar-refractivity contribution is -0.147. The molecule has 3 aliphatic carbocycles. The van der Waals surface area contributed by atoms with Gasteiger partial charge < -0.3 is 36.4 Å². The van der Waals surface area contributed by atoms with Crippen LogP contribution in [0.3, 0.4) is 0 Å². The lowest BCUT2D eigenvalue weighted by atomic mass is 9.59. The third kappa shape index (κ3) is 3.96. The number of rotatable bonds is 5. The van der Waals surface area contributed by atoms with Crippen LogP contribution in [-0.4, -0.2) is 88.0 Å². The van der Waals surface area contributed by atoms with Gasteiger partial charge in [-0.1, -0.05) is 0 Å². The summed E-state index contributed by atoms with van der Waals surface area (Å²) < 4.78 is 0. The van der Waals surface area contributed by atoms with E-state index in [1.165, 1.54) is 0 Å². The Morgan fingerprint density at radius 2 is 1.90 bits per heavy atom. The summed E-state index contributed by atoms with van der Waals surface area (Å²) in [5, 5.41) is 47.8. The Labute approximate surface area is 230 Å². The van der Waals surface area contributed by atoms with Crippen LogP contribution in [0.4, 0.5) is 5.69 Å². The van der Waals surface area contributed by atoms with E-state index in [0.717, 1.165) is 19.4 Å². The van der Waals surface area contributed by atoms with E-state index in [1.807, 2.05) is 11.9 Å². The maximum Gasteiger partial charge on any atom is 0.255 e. The predicted octanol–water partition coefficient (Wildman–Crippen LogP) is 0.200. The smallest absolute Gasteiger partial charge is 0.255 e. The number of phenolic OH excluding ortho intramolecular Hbond substituents is 1. The molecule has 0 bridgehead atoms. The molecule has 1 saturated carbocycles. The monoisotopic (exact) mass is 554 g/mol. The minimum absolute atomic E-state index is 0.000522. The highest BCUT2D eigenvalue weighted by Crippen LogP contribution is 2.53. The van der Waals surface area contributed by atoms with E-state index < -0.39 is 52.0 Å². The van der Waals surface area contributed by atoms with E-state index in [1.54, 1.807) is 25.1 Å². The number of carbonyl (C=O) groups excluding carboxylic acids is 4. The van der Waals surface area contributed by atoms with Gasteiger partial charge in [0.15, 0.2) is 11.4 Å². The molecule has 4 aliphatic rings. The molecule has 1 aliphatic heterocycles. The number of hydrogen-bond acceptors (Lipinski definition) is 10. The number of benzene rings is 1. The molecule has 1 heterocycles. The van der Waals surface area contributed by atoms with Crippen LogP contribution in [-0.2, 0) is 32.1 Å². The number of likely N-dealkylation sites (tertiary alicyclic amines) is 1. The number of nitrogens with zero attached hydrogens (tertiary/aromatic N) is 2. The number of hydrogen-bond donors (Lipinski definition) is 6. The minimum atomic E-state index is -2.62. The van der Waals surface area contributed by atoms with Gasteiger partial charge in [0.25, 0.3) is 5.91 Å². The summed E-state index contributed by atoms with van der Waals surface area (Å²) in [7, 11) is 5.45. The van der Waals surface area contributed by atoms with Crippen molar-refractivity contribution in [1.29, 1.82) is 0 Å². The van der Waals surface area contributed by atoms with Crippen molar-refractivity contribution in [2.45, 2.75) is 50.3 Å². The second kappa shape index (κ2) is 9.63. The largest absolute Gasteiger partial charge is 0.508 e. The summed E-state index contributed by atoms with van der Waals surface area (Å²) in [6.45, 7) is 0.791. The number of nitrogens with one attached hydrogen (secondary N) is 1. The van der Waals surface area contributed by atoms with E-state index in [2.05, 4.69) is 5.32 Å². The summed E-state index contributed by atoms with van der Waals surface area (Å²) >= 11 is 0. The number of primary amides is 1. The first-order valence-corrected chi connectivity index (χ1v) is 13.3. The van der Waals surface area contributed by atoms with E-state index in [9.17, 15) is 39.6 Å². The predicted molar refractivity (Wildman–Crippen MR) is 143 cm³/mol. The molecule has 4 unspecified atom stereocenters. The highest BCUT2D eigenvalue weighted by Gasteiger charge is 2.60. The molecule has 7 N–H and O–H groups in total. The van der Waals surface area contributed by atoms with Gasteiger partial charge in [-0.2, -0.15) is 0 Å². The second-order valence-corrected chi connectivity index (χ2v) is 11.4. The molecule has 40 heavy (non-hydrogen) atoms. The van der Waals surface area contributed by atoms with Crippen LogP contribution in [0.1, 0.15) is 42.4 Å². The number of nitrogens with two attached hydrogens (primary N) is 1. The fourth-order valence-corrected chi connectivity index (χ4v) is 6.80. The number of aliphatic hydroxyl groups excluding tert-OH is 2. The number of carbonyl (C=O) groups is 4. The molecular weight excluding hydrogens is 520 g/mol. The van der Waals surface area contributed by atoms with E-state index in [4.69, 9.17) is 5.73 Å². The third-order valence-electron chi connectivity index (χ3n) is 8.88. The summed E-state index contributed by atoms with van der Waals surface area (Å²) in [6, 6.07) is 1.45. The zero-order valence-electron chi connectivity index (χ0n) is 22.7. The molecule has 214 valence electrons. The number of ketones is 2. The van der Waals surface area contributed by atoms with Crippen LogP contribution < -0.4 is 16.0 Å². The standard InChI is InChI=1S/C28H34N4O8/c1-31(2)17-9-13(11-30-27(39)16-5-4-6-32(16)3)22(34)20-15(17)8-12-7-14-10-18(33)21(26(29)38)25(37)28(14,40)24(36)19(12)23(20)35/h9,12,14,16,34-35,37,40H,4-8,10-11H2,1-3H3,(H2,29,38)(H,30,39). The van der Waals surface area contributed by atoms with Gasteiger partial charge in [0.1, 0.15) is 22.8 Å². The molecule has 0 radical (unpaired) electrons. The van der Waals surface area contributed by atoms with Gasteiger partial charge in [-0.05, 0) is 56.8 Å². The van der Waals surface area contributed by atoms with Crippen molar-refractivity contribution < 1.29 is 39.6 Å². The van der Waals surface area contributed by atoms with Crippen LogP contribution in [0.5, 0.6) is 5.75 Å². The lowest BCUT2D eigenvalue weighted by Gasteiger charge is -2.46. The maximum atomic E-state index is 13.7. The molecule has 4 atom stereocenters. The van der Waals surface area contributed by atoms with E-state index in [0.29, 0.717) is 16.8 Å². The highest BCUT2D eigenvalue weighted by atomic mass is 16.3. The van der Waals surface area contributed by atoms with E-state index >= 15 is 0 Å². The van der Waals surface area contributed by atoms with Gasteiger partial charge in [-0.15, -0.1) is 0 Å². The van der Waals surface area contributed by atoms with Crippen LogP contribution in [0, 0.1) is 11.8 Å². The molecular formula is C28H34N4O8. The van der Waals surface area contributed by atoms with Gasteiger partial charge in [-0.3, -0.25) is 24.1 Å². The van der Waals surface area contributed by atoms with Crippen LogP contribution in [0.25, 0.3) is 5.76 Å². The Balaban J connectivity index is 1.58. The Morgan fingerprint density at radius 3 is 2.50 bits per heavy atom. The minimum Gasteiger partial charge on any atom is -0.508 e. The number of aromatic hydroxyl groups is 1. The van der Waals surface area contributed by atoms with Crippen LogP contribution in [0.2, 0.25) is 0 Å². The molecule has 12 heteroatoms. The number of amides is 2. The number of Topliss-reactive ketones (excluding diaryl/α,β-unsaturated/α-hetero) is 2. The third-order valence-corrected chi connectivity index (χ3v) is 8.88. The van der Waals surface area contributed by atoms with Gasteiger partial charge >= 0.3 is 0 Å². The Kier molecular flexibility index (Phi) is 6.66.